The average molecular weight is 460 g/mol. The maximum atomic E-state index is 13.3. The molecule has 0 aliphatic carbocycles. The van der Waals surface area contributed by atoms with Crippen LogP contribution in [0.1, 0.15) is 29.6 Å². The number of carbonyl (C=O) groups is 1. The normalized spacial score (nSPS) is 18.5. The summed E-state index contributed by atoms with van der Waals surface area (Å²) in [6.45, 7) is 2.16. The highest BCUT2D eigenvalue weighted by atomic mass is 16.5. The lowest BCUT2D eigenvalue weighted by atomic mass is 9.72. The second-order valence-corrected chi connectivity index (χ2v) is 8.22. The fraction of sp³-hybridized carbons (Fsp3) is 0.231. The molecule has 5 rings (SSSR count). The molecule has 0 radical (unpaired) electrons. The molecule has 0 saturated heterocycles. The Morgan fingerprint density at radius 2 is 1.91 bits per heavy atom. The Labute approximate surface area is 195 Å². The standard InChI is InChI=1S/C26H24N2O6/c1-2-32-25(31)21-24(27)34-22-20(30)12-17(14-29)33-23(22)26(21)15-28(13-16-8-4-3-5-9-16)19-11-7-6-10-18(19)26/h3-12,29H,2,13-15,27H2,1H3. The summed E-state index contributed by atoms with van der Waals surface area (Å²) in [7, 11) is 0. The van der Waals surface area contributed by atoms with Gasteiger partial charge in [-0.15, -0.1) is 0 Å². The van der Waals surface area contributed by atoms with Crippen molar-refractivity contribution in [3.63, 3.8) is 0 Å². The van der Waals surface area contributed by atoms with E-state index in [1.807, 2.05) is 54.6 Å². The van der Waals surface area contributed by atoms with E-state index in [-0.39, 0.29) is 41.9 Å². The van der Waals surface area contributed by atoms with Crippen LogP contribution in [0, 0.1) is 0 Å². The van der Waals surface area contributed by atoms with Crippen LogP contribution in [0.25, 0.3) is 0 Å². The van der Waals surface area contributed by atoms with Crippen LogP contribution < -0.4 is 20.8 Å². The molecule has 0 amide bonds. The van der Waals surface area contributed by atoms with Crippen LogP contribution in [0.5, 0.6) is 5.75 Å². The van der Waals surface area contributed by atoms with Gasteiger partial charge in [0.2, 0.25) is 17.1 Å². The van der Waals surface area contributed by atoms with Gasteiger partial charge in [-0.3, -0.25) is 4.79 Å². The van der Waals surface area contributed by atoms with Gasteiger partial charge in [0.05, 0.1) is 6.61 Å². The third-order valence-electron chi connectivity index (χ3n) is 6.21. The number of esters is 1. The van der Waals surface area contributed by atoms with E-state index in [9.17, 15) is 14.7 Å². The summed E-state index contributed by atoms with van der Waals surface area (Å²) >= 11 is 0. The number of fused-ring (bicyclic) bond motifs is 4. The molecule has 1 aromatic heterocycles. The molecule has 1 spiro atoms. The molecule has 2 aliphatic heterocycles. The summed E-state index contributed by atoms with van der Waals surface area (Å²) in [6.07, 6.45) is 0. The van der Waals surface area contributed by atoms with Gasteiger partial charge in [0.1, 0.15) is 23.4 Å². The van der Waals surface area contributed by atoms with Crippen molar-refractivity contribution in [2.45, 2.75) is 25.5 Å². The van der Waals surface area contributed by atoms with Gasteiger partial charge in [-0.2, -0.15) is 0 Å². The molecule has 0 bridgehead atoms. The van der Waals surface area contributed by atoms with Crippen LogP contribution in [0.3, 0.4) is 0 Å². The van der Waals surface area contributed by atoms with E-state index in [1.54, 1.807) is 6.92 Å². The van der Waals surface area contributed by atoms with Gasteiger partial charge in [-0.05, 0) is 24.1 Å². The topological polar surface area (TPSA) is 115 Å². The van der Waals surface area contributed by atoms with Gasteiger partial charge in [0.25, 0.3) is 0 Å². The highest BCUT2D eigenvalue weighted by Gasteiger charge is 2.57. The zero-order valence-electron chi connectivity index (χ0n) is 18.6. The van der Waals surface area contributed by atoms with Crippen molar-refractivity contribution in [1.29, 1.82) is 0 Å². The SMILES string of the molecule is CCOC(=O)C1=C(N)Oc2c(oc(CO)cc2=O)C12CN(Cc1ccccc1)c1ccccc12. The smallest absolute Gasteiger partial charge is 0.340 e. The second kappa shape index (κ2) is 8.39. The van der Waals surface area contributed by atoms with E-state index in [2.05, 4.69) is 4.90 Å². The Bertz CT molecular complexity index is 1350. The molecule has 8 heteroatoms. The number of aliphatic hydroxyl groups excluding tert-OH is 1. The molecule has 2 aliphatic rings. The van der Waals surface area contributed by atoms with Crippen molar-refractivity contribution in [2.75, 3.05) is 18.1 Å². The van der Waals surface area contributed by atoms with Crippen molar-refractivity contribution < 1.29 is 23.8 Å². The number of hydrogen-bond acceptors (Lipinski definition) is 8. The number of ether oxygens (including phenoxy) is 2. The Kier molecular flexibility index (Phi) is 5.37. The third-order valence-corrected chi connectivity index (χ3v) is 6.21. The Balaban J connectivity index is 1.78. The zero-order chi connectivity index (χ0) is 23.9. The maximum absolute atomic E-state index is 13.3. The molecule has 3 aromatic rings. The van der Waals surface area contributed by atoms with Gasteiger partial charge in [-0.25, -0.2) is 4.79 Å². The first-order chi connectivity index (χ1) is 16.5. The molecular weight excluding hydrogens is 436 g/mol. The van der Waals surface area contributed by atoms with E-state index < -0.39 is 23.4 Å². The maximum Gasteiger partial charge on any atom is 0.340 e. The number of para-hydroxylation sites is 1. The number of benzene rings is 2. The van der Waals surface area contributed by atoms with Crippen molar-refractivity contribution in [3.05, 3.63) is 105 Å². The predicted octanol–water partition coefficient (Wildman–Crippen LogP) is 2.56. The van der Waals surface area contributed by atoms with E-state index in [0.29, 0.717) is 6.54 Å². The zero-order valence-corrected chi connectivity index (χ0v) is 18.6. The summed E-state index contributed by atoms with van der Waals surface area (Å²) in [6, 6.07) is 18.7. The number of aliphatic hydroxyl groups is 1. The molecule has 1 unspecified atom stereocenters. The first-order valence-corrected chi connectivity index (χ1v) is 11.0. The van der Waals surface area contributed by atoms with Gasteiger partial charge in [-0.1, -0.05) is 48.5 Å². The highest BCUT2D eigenvalue weighted by Crippen LogP contribution is 2.54. The van der Waals surface area contributed by atoms with Gasteiger partial charge in [0, 0.05) is 24.8 Å². The number of nitrogens with zero attached hydrogens (tertiary/aromatic N) is 1. The summed E-state index contributed by atoms with van der Waals surface area (Å²) in [5.74, 6) is -0.761. The number of rotatable bonds is 5. The number of carbonyl (C=O) groups excluding carboxylic acids is 1. The van der Waals surface area contributed by atoms with Crippen LogP contribution >= 0.6 is 0 Å². The highest BCUT2D eigenvalue weighted by molar-refractivity contribution is 5.96. The van der Waals surface area contributed by atoms with Crippen LogP contribution in [0.15, 0.2) is 81.3 Å². The number of hydrogen-bond donors (Lipinski definition) is 2. The lowest BCUT2D eigenvalue weighted by Crippen LogP contribution is -2.45. The Morgan fingerprint density at radius 1 is 1.18 bits per heavy atom. The summed E-state index contributed by atoms with van der Waals surface area (Å²) in [5, 5.41) is 9.74. The summed E-state index contributed by atoms with van der Waals surface area (Å²) in [5.41, 5.74) is 7.27. The van der Waals surface area contributed by atoms with Gasteiger partial charge < -0.3 is 29.6 Å². The fourth-order valence-corrected chi connectivity index (χ4v) is 4.87. The molecule has 34 heavy (non-hydrogen) atoms. The molecule has 1 atom stereocenters. The Hall–Kier alpha value is -4.04. The molecule has 2 aromatic carbocycles. The molecule has 3 N–H and O–H groups in total. The minimum Gasteiger partial charge on any atom is -0.462 e. The average Bonchev–Trinajstić information content (AvgIpc) is 3.15. The van der Waals surface area contributed by atoms with Gasteiger partial charge in [0.15, 0.2) is 5.76 Å². The van der Waals surface area contributed by atoms with Crippen molar-refractivity contribution >= 4 is 11.7 Å². The van der Waals surface area contributed by atoms with Crippen LogP contribution in [-0.2, 0) is 28.1 Å². The minimum absolute atomic E-state index is 0.0643. The minimum atomic E-state index is -1.26. The molecule has 3 heterocycles. The van der Waals surface area contributed by atoms with Crippen molar-refractivity contribution in [2.24, 2.45) is 5.73 Å². The molecule has 174 valence electrons. The monoisotopic (exact) mass is 460 g/mol. The summed E-state index contributed by atoms with van der Waals surface area (Å²) < 4.78 is 17.0. The van der Waals surface area contributed by atoms with Crippen molar-refractivity contribution in [1.82, 2.24) is 0 Å². The Morgan fingerprint density at radius 3 is 2.65 bits per heavy atom. The van der Waals surface area contributed by atoms with E-state index in [0.717, 1.165) is 22.9 Å². The number of anilines is 1. The van der Waals surface area contributed by atoms with Crippen molar-refractivity contribution in [3.8, 4) is 5.75 Å². The summed E-state index contributed by atoms with van der Waals surface area (Å²) in [4.78, 5) is 28.3. The molecule has 0 saturated carbocycles. The third kappa shape index (κ3) is 3.26. The second-order valence-electron chi connectivity index (χ2n) is 8.22. The molecular formula is C26H24N2O6. The lowest BCUT2D eigenvalue weighted by Gasteiger charge is -2.35. The van der Waals surface area contributed by atoms with E-state index in [1.165, 1.54) is 0 Å². The molecule has 8 nitrogen and oxygen atoms in total. The van der Waals surface area contributed by atoms with Crippen LogP contribution in [0.2, 0.25) is 0 Å². The fourth-order valence-electron chi connectivity index (χ4n) is 4.87. The number of nitrogens with two attached hydrogens (primary N) is 1. The molecule has 0 fully saturated rings. The first kappa shape index (κ1) is 21.8. The van der Waals surface area contributed by atoms with E-state index in [4.69, 9.17) is 19.6 Å². The van der Waals surface area contributed by atoms with E-state index >= 15 is 0 Å². The quantitative estimate of drug-likeness (QED) is 0.559. The predicted molar refractivity (Wildman–Crippen MR) is 124 cm³/mol. The first-order valence-electron chi connectivity index (χ1n) is 11.0. The van der Waals surface area contributed by atoms with Crippen LogP contribution in [0.4, 0.5) is 5.69 Å². The largest absolute Gasteiger partial charge is 0.462 e. The van der Waals surface area contributed by atoms with Crippen LogP contribution in [-0.4, -0.2) is 24.2 Å². The van der Waals surface area contributed by atoms with Gasteiger partial charge >= 0.3 is 5.97 Å². The lowest BCUT2D eigenvalue weighted by molar-refractivity contribution is -0.139.